The van der Waals surface area contributed by atoms with E-state index in [4.69, 9.17) is 0 Å². The molecule has 0 aromatic heterocycles. The molecule has 0 aliphatic carbocycles. The zero-order valence-electron chi connectivity index (χ0n) is 6.81. The molecule has 0 aromatic carbocycles. The largest absolute Gasteiger partial charge is 0.267 e. The molecule has 0 heterocycles. The van der Waals surface area contributed by atoms with Crippen LogP contribution in [0.3, 0.4) is 0 Å². The predicted octanol–water partition coefficient (Wildman–Crippen LogP) is 2.39. The van der Waals surface area contributed by atoms with Gasteiger partial charge in [-0.05, 0) is 20.8 Å². The van der Waals surface area contributed by atoms with Gasteiger partial charge < -0.3 is 0 Å². The smallest absolute Gasteiger partial charge is 0.0338 e. The summed E-state index contributed by atoms with van der Waals surface area (Å²) in [7, 11) is 0. The first-order valence-electron chi connectivity index (χ1n) is 3.36. The van der Waals surface area contributed by atoms with Crippen molar-refractivity contribution in [2.45, 2.75) is 27.2 Å². The number of hydrogen-bond acceptors (Lipinski definition) is 1. The van der Waals surface area contributed by atoms with Gasteiger partial charge in [0.1, 0.15) is 0 Å². The maximum absolute atomic E-state index is 4.06. The van der Waals surface area contributed by atoms with Gasteiger partial charge in [0, 0.05) is 18.3 Å². The Bertz CT molecular complexity index is 189. The van der Waals surface area contributed by atoms with Crippen molar-refractivity contribution in [1.29, 1.82) is 0 Å². The zero-order chi connectivity index (χ0) is 7.82. The van der Waals surface area contributed by atoms with E-state index in [1.165, 1.54) is 0 Å². The Kier molecular flexibility index (Phi) is 5.47. The van der Waals surface area contributed by atoms with Crippen molar-refractivity contribution in [2.75, 3.05) is 0 Å². The summed E-state index contributed by atoms with van der Waals surface area (Å²) in [6, 6.07) is 0. The fourth-order valence-electron chi connectivity index (χ4n) is 0.557. The normalized spacial score (nSPS) is 11.3. The molecule has 54 valence electrons. The van der Waals surface area contributed by atoms with Gasteiger partial charge in [-0.25, -0.2) is 0 Å². The van der Waals surface area contributed by atoms with Gasteiger partial charge in [0.15, 0.2) is 0 Å². The van der Waals surface area contributed by atoms with E-state index < -0.39 is 0 Å². The molecule has 0 unspecified atom stereocenters. The Balaban J connectivity index is 3.76. The predicted molar refractivity (Wildman–Crippen MR) is 46.0 cm³/mol. The topological polar surface area (TPSA) is 12.4 Å². The molecule has 0 aliphatic heterocycles. The maximum Gasteiger partial charge on any atom is 0.0338 e. The summed E-state index contributed by atoms with van der Waals surface area (Å²) in [5.41, 5.74) is 1.03. The highest BCUT2D eigenvalue weighted by Crippen LogP contribution is 1.94. The van der Waals surface area contributed by atoms with Crippen LogP contribution >= 0.6 is 0 Å². The summed E-state index contributed by atoms with van der Waals surface area (Å²) in [4.78, 5) is 4.06. The van der Waals surface area contributed by atoms with Gasteiger partial charge >= 0.3 is 0 Å². The molecule has 0 fully saturated rings. The molecule has 0 bridgehead atoms. The molecule has 0 amide bonds. The summed E-state index contributed by atoms with van der Waals surface area (Å²) >= 11 is 0. The summed E-state index contributed by atoms with van der Waals surface area (Å²) in [6.45, 7) is 5.71. The fourth-order valence-corrected chi connectivity index (χ4v) is 0.557. The lowest BCUT2D eigenvalue weighted by molar-refractivity contribution is 1.25. The Morgan fingerprint density at radius 3 is 2.80 bits per heavy atom. The zero-order valence-corrected chi connectivity index (χ0v) is 6.81. The van der Waals surface area contributed by atoms with E-state index in [0.717, 1.165) is 12.1 Å². The van der Waals surface area contributed by atoms with E-state index >= 15 is 0 Å². The minimum absolute atomic E-state index is 0.805. The van der Waals surface area contributed by atoms with Gasteiger partial charge in [-0.2, -0.15) is 0 Å². The number of allylic oxidation sites excluding steroid dienone is 2. The quantitative estimate of drug-likeness (QED) is 0.407. The van der Waals surface area contributed by atoms with Crippen LogP contribution in [-0.2, 0) is 0 Å². The summed E-state index contributed by atoms with van der Waals surface area (Å²) in [5.74, 6) is 5.76. The van der Waals surface area contributed by atoms with Crippen molar-refractivity contribution in [3.05, 3.63) is 11.8 Å². The van der Waals surface area contributed by atoms with E-state index in [9.17, 15) is 0 Å². The second kappa shape index (κ2) is 6.10. The van der Waals surface area contributed by atoms with Crippen molar-refractivity contribution >= 4 is 6.21 Å². The summed E-state index contributed by atoms with van der Waals surface area (Å²) < 4.78 is 0. The van der Waals surface area contributed by atoms with Crippen LogP contribution in [0.2, 0.25) is 0 Å². The van der Waals surface area contributed by atoms with Crippen molar-refractivity contribution in [3.63, 3.8) is 0 Å². The van der Waals surface area contributed by atoms with Crippen LogP contribution < -0.4 is 0 Å². The van der Waals surface area contributed by atoms with E-state index in [1.54, 1.807) is 6.21 Å². The molecule has 0 aromatic rings. The van der Waals surface area contributed by atoms with Crippen LogP contribution in [0.5, 0.6) is 0 Å². The molecule has 1 nitrogen and oxygen atoms in total. The third-order valence-corrected chi connectivity index (χ3v) is 1.01. The van der Waals surface area contributed by atoms with Crippen LogP contribution in [0.1, 0.15) is 27.2 Å². The molecular formula is C9H13N. The van der Waals surface area contributed by atoms with Gasteiger partial charge in [0.25, 0.3) is 0 Å². The van der Waals surface area contributed by atoms with Gasteiger partial charge in [0.2, 0.25) is 0 Å². The lowest BCUT2D eigenvalue weighted by Crippen LogP contribution is -1.69. The number of rotatable bonds is 2. The first-order valence-corrected chi connectivity index (χ1v) is 3.36. The summed E-state index contributed by atoms with van der Waals surface area (Å²) in [6.07, 6.45) is 4.60. The number of aliphatic imine (C=N–C) groups is 1. The van der Waals surface area contributed by atoms with Crippen LogP contribution in [0.25, 0.3) is 0 Å². The standard InChI is InChI=1S/C9H13N/c1-4-6-7-8-9(3)10-5-2/h5,8H,7H2,1-3H3. The second-order valence-corrected chi connectivity index (χ2v) is 1.86. The van der Waals surface area contributed by atoms with Gasteiger partial charge in [-0.1, -0.05) is 12.0 Å². The van der Waals surface area contributed by atoms with Crippen molar-refractivity contribution in [2.24, 2.45) is 4.99 Å². The monoisotopic (exact) mass is 135 g/mol. The van der Waals surface area contributed by atoms with Crippen LogP contribution in [-0.4, -0.2) is 6.21 Å². The summed E-state index contributed by atoms with van der Waals surface area (Å²) in [5, 5.41) is 0. The average Bonchev–Trinajstić information content (AvgIpc) is 1.89. The Labute approximate surface area is 62.9 Å². The van der Waals surface area contributed by atoms with Crippen LogP contribution in [0.4, 0.5) is 0 Å². The van der Waals surface area contributed by atoms with Gasteiger partial charge in [-0.3, -0.25) is 4.99 Å². The molecular weight excluding hydrogens is 122 g/mol. The molecule has 0 atom stereocenters. The van der Waals surface area contributed by atoms with Crippen molar-refractivity contribution < 1.29 is 0 Å². The van der Waals surface area contributed by atoms with E-state index in [1.807, 2.05) is 26.8 Å². The third-order valence-electron chi connectivity index (χ3n) is 1.01. The molecule has 0 N–H and O–H groups in total. The minimum Gasteiger partial charge on any atom is -0.267 e. The van der Waals surface area contributed by atoms with E-state index in [2.05, 4.69) is 16.8 Å². The molecule has 10 heavy (non-hydrogen) atoms. The Morgan fingerprint density at radius 1 is 1.60 bits per heavy atom. The average molecular weight is 135 g/mol. The molecule has 0 rings (SSSR count). The van der Waals surface area contributed by atoms with Crippen LogP contribution in [0, 0.1) is 11.8 Å². The fraction of sp³-hybridized carbons (Fsp3) is 0.444. The Hall–Kier alpha value is -1.03. The highest BCUT2D eigenvalue weighted by Gasteiger charge is 1.77. The third kappa shape index (κ3) is 5.11. The lowest BCUT2D eigenvalue weighted by Gasteiger charge is -1.85. The first-order chi connectivity index (χ1) is 4.81. The van der Waals surface area contributed by atoms with E-state index in [-0.39, 0.29) is 0 Å². The highest BCUT2D eigenvalue weighted by atomic mass is 14.7. The molecule has 0 spiro atoms. The number of hydrogen-bond donors (Lipinski definition) is 0. The first kappa shape index (κ1) is 8.97. The SMILES string of the molecule is CC#CCC=C(C)N=CC. The minimum atomic E-state index is 0.805. The van der Waals surface area contributed by atoms with Gasteiger partial charge in [-0.15, -0.1) is 5.92 Å². The lowest BCUT2D eigenvalue weighted by atomic mass is 10.3. The second-order valence-electron chi connectivity index (χ2n) is 1.86. The molecule has 0 saturated carbocycles. The van der Waals surface area contributed by atoms with Crippen LogP contribution in [0.15, 0.2) is 16.8 Å². The molecule has 0 saturated heterocycles. The van der Waals surface area contributed by atoms with Crippen molar-refractivity contribution in [3.8, 4) is 11.8 Å². The highest BCUT2D eigenvalue weighted by molar-refractivity contribution is 5.55. The van der Waals surface area contributed by atoms with Crippen molar-refractivity contribution in [1.82, 2.24) is 0 Å². The van der Waals surface area contributed by atoms with Gasteiger partial charge in [0.05, 0.1) is 0 Å². The molecule has 1 heteroatoms. The molecule has 0 aliphatic rings. The van der Waals surface area contributed by atoms with E-state index in [0.29, 0.717) is 0 Å². The number of nitrogens with zero attached hydrogens (tertiary/aromatic N) is 1. The molecule has 0 radical (unpaired) electrons. The Morgan fingerprint density at radius 2 is 2.30 bits per heavy atom. The maximum atomic E-state index is 4.06.